The van der Waals surface area contributed by atoms with Crippen molar-refractivity contribution in [1.82, 2.24) is 15.1 Å². The van der Waals surface area contributed by atoms with Crippen LogP contribution in [0.5, 0.6) is 0 Å². The molecule has 0 saturated heterocycles. The van der Waals surface area contributed by atoms with Crippen molar-refractivity contribution in [2.24, 2.45) is 5.92 Å². The molecule has 3 rings (SSSR count). The molecule has 3 nitrogen and oxygen atoms in total. The van der Waals surface area contributed by atoms with E-state index in [0.717, 1.165) is 13.1 Å². The third-order valence-electron chi connectivity index (χ3n) is 4.35. The van der Waals surface area contributed by atoms with Gasteiger partial charge in [-0.25, -0.2) is 0 Å². The van der Waals surface area contributed by atoms with Gasteiger partial charge in [0.25, 0.3) is 0 Å². The molecule has 0 radical (unpaired) electrons. The summed E-state index contributed by atoms with van der Waals surface area (Å²) < 4.78 is 2.12. The molecule has 0 saturated carbocycles. The lowest BCUT2D eigenvalue weighted by molar-refractivity contribution is 0.357. The molecule has 20 heavy (non-hydrogen) atoms. The largest absolute Gasteiger partial charge is 0.309 e. The summed E-state index contributed by atoms with van der Waals surface area (Å²) in [4.78, 5) is 0. The summed E-state index contributed by atoms with van der Waals surface area (Å²) >= 11 is 0. The fourth-order valence-electron chi connectivity index (χ4n) is 3.43. The summed E-state index contributed by atoms with van der Waals surface area (Å²) in [6, 6.07) is 11.4. The van der Waals surface area contributed by atoms with Crippen molar-refractivity contribution in [3.05, 3.63) is 53.3 Å². The Balaban J connectivity index is 1.86. The molecule has 2 aromatic rings. The van der Waals surface area contributed by atoms with Gasteiger partial charge in [-0.15, -0.1) is 0 Å². The van der Waals surface area contributed by atoms with Crippen LogP contribution >= 0.6 is 0 Å². The predicted octanol–water partition coefficient (Wildman–Crippen LogP) is 2.97. The lowest BCUT2D eigenvalue weighted by Crippen LogP contribution is -2.30. The maximum atomic E-state index is 4.44. The first kappa shape index (κ1) is 13.4. The van der Waals surface area contributed by atoms with E-state index in [9.17, 15) is 0 Å². The van der Waals surface area contributed by atoms with Crippen molar-refractivity contribution in [1.29, 1.82) is 0 Å². The van der Waals surface area contributed by atoms with Gasteiger partial charge in [0.1, 0.15) is 0 Å². The Kier molecular flexibility index (Phi) is 3.88. The Labute approximate surface area is 121 Å². The van der Waals surface area contributed by atoms with Gasteiger partial charge in [0.15, 0.2) is 0 Å². The van der Waals surface area contributed by atoms with Crippen LogP contribution in [0.2, 0.25) is 0 Å². The van der Waals surface area contributed by atoms with Crippen LogP contribution in [-0.4, -0.2) is 16.3 Å². The summed E-state index contributed by atoms with van der Waals surface area (Å²) in [6.45, 7) is 6.26. The standard InChI is InChI=1S/C17H23N3/c1-3-18-17(16-9-10-19-20(16)4-2)15-11-13-7-5-6-8-14(13)12-15/h5-10,15,17-18H,3-4,11-12H2,1-2H3. The Bertz CT molecular complexity index is 548. The SMILES string of the molecule is CCNC(c1ccnn1CC)C1Cc2ccccc2C1. The summed E-state index contributed by atoms with van der Waals surface area (Å²) in [7, 11) is 0. The summed E-state index contributed by atoms with van der Waals surface area (Å²) in [5.74, 6) is 0.634. The second-order valence-electron chi connectivity index (χ2n) is 5.54. The lowest BCUT2D eigenvalue weighted by atomic mass is 9.93. The van der Waals surface area contributed by atoms with Gasteiger partial charge in [-0.3, -0.25) is 4.68 Å². The average molecular weight is 269 g/mol. The molecular weight excluding hydrogens is 246 g/mol. The maximum Gasteiger partial charge on any atom is 0.0556 e. The molecule has 1 heterocycles. The number of aromatic nitrogens is 2. The van der Waals surface area contributed by atoms with Gasteiger partial charge in [0.2, 0.25) is 0 Å². The molecule has 1 atom stereocenters. The first-order chi connectivity index (χ1) is 9.83. The first-order valence-corrected chi connectivity index (χ1v) is 7.65. The zero-order valence-electron chi connectivity index (χ0n) is 12.3. The molecule has 1 unspecified atom stereocenters. The molecule has 0 bridgehead atoms. The van der Waals surface area contributed by atoms with E-state index in [-0.39, 0.29) is 0 Å². The maximum absolute atomic E-state index is 4.44. The smallest absolute Gasteiger partial charge is 0.0556 e. The number of rotatable bonds is 5. The molecular formula is C17H23N3. The molecule has 1 aromatic carbocycles. The highest BCUT2D eigenvalue weighted by atomic mass is 15.3. The molecule has 106 valence electrons. The second kappa shape index (κ2) is 5.80. The van der Waals surface area contributed by atoms with Crippen LogP contribution in [0.3, 0.4) is 0 Å². The fourth-order valence-corrected chi connectivity index (χ4v) is 3.43. The van der Waals surface area contributed by atoms with Crippen molar-refractivity contribution in [2.45, 2.75) is 39.3 Å². The van der Waals surface area contributed by atoms with Crippen molar-refractivity contribution < 1.29 is 0 Å². The van der Waals surface area contributed by atoms with Crippen LogP contribution in [0.1, 0.15) is 36.7 Å². The van der Waals surface area contributed by atoms with Gasteiger partial charge >= 0.3 is 0 Å². The Hall–Kier alpha value is -1.61. The van der Waals surface area contributed by atoms with Crippen LogP contribution in [-0.2, 0) is 19.4 Å². The minimum atomic E-state index is 0.398. The second-order valence-corrected chi connectivity index (χ2v) is 5.54. The third-order valence-corrected chi connectivity index (χ3v) is 4.35. The summed E-state index contributed by atoms with van der Waals surface area (Å²) in [5, 5.41) is 8.11. The zero-order chi connectivity index (χ0) is 13.9. The molecule has 1 N–H and O–H groups in total. The van der Waals surface area contributed by atoms with E-state index < -0.39 is 0 Å². The molecule has 0 amide bonds. The highest BCUT2D eigenvalue weighted by molar-refractivity contribution is 5.33. The molecule has 0 fully saturated rings. The van der Waals surface area contributed by atoms with Gasteiger partial charge in [-0.05, 0) is 49.4 Å². The van der Waals surface area contributed by atoms with Crippen molar-refractivity contribution in [3.8, 4) is 0 Å². The van der Waals surface area contributed by atoms with Gasteiger partial charge in [-0.2, -0.15) is 5.10 Å². The Morgan fingerprint density at radius 3 is 2.50 bits per heavy atom. The van der Waals surface area contributed by atoms with Crippen LogP contribution in [0.15, 0.2) is 36.5 Å². The zero-order valence-corrected chi connectivity index (χ0v) is 12.3. The number of fused-ring (bicyclic) bond motifs is 1. The molecule has 3 heteroatoms. The monoisotopic (exact) mass is 269 g/mol. The highest BCUT2D eigenvalue weighted by Gasteiger charge is 2.30. The van der Waals surface area contributed by atoms with E-state index in [1.54, 1.807) is 0 Å². The van der Waals surface area contributed by atoms with Crippen molar-refractivity contribution in [2.75, 3.05) is 6.54 Å². The van der Waals surface area contributed by atoms with Crippen LogP contribution in [0, 0.1) is 5.92 Å². The van der Waals surface area contributed by atoms with Crippen LogP contribution in [0.4, 0.5) is 0 Å². The predicted molar refractivity (Wildman–Crippen MR) is 81.7 cm³/mol. The quantitative estimate of drug-likeness (QED) is 0.904. The fraction of sp³-hybridized carbons (Fsp3) is 0.471. The molecule has 0 spiro atoms. The van der Waals surface area contributed by atoms with Gasteiger partial charge in [0.05, 0.1) is 11.7 Å². The van der Waals surface area contributed by atoms with Crippen LogP contribution in [0.25, 0.3) is 0 Å². The minimum Gasteiger partial charge on any atom is -0.309 e. The summed E-state index contributed by atoms with van der Waals surface area (Å²) in [5.41, 5.74) is 4.36. The summed E-state index contributed by atoms with van der Waals surface area (Å²) in [6.07, 6.45) is 4.26. The number of nitrogens with one attached hydrogen (secondary N) is 1. The van der Waals surface area contributed by atoms with E-state index in [1.807, 2.05) is 6.20 Å². The van der Waals surface area contributed by atoms with E-state index >= 15 is 0 Å². The molecule has 0 aliphatic heterocycles. The number of nitrogens with zero attached hydrogens (tertiary/aromatic N) is 2. The minimum absolute atomic E-state index is 0.398. The van der Waals surface area contributed by atoms with E-state index in [0.29, 0.717) is 12.0 Å². The number of aryl methyl sites for hydroxylation is 1. The Morgan fingerprint density at radius 2 is 1.90 bits per heavy atom. The number of hydrogen-bond acceptors (Lipinski definition) is 2. The van der Waals surface area contributed by atoms with Gasteiger partial charge < -0.3 is 5.32 Å². The van der Waals surface area contributed by atoms with Crippen LogP contribution < -0.4 is 5.32 Å². The molecule has 1 aliphatic rings. The average Bonchev–Trinajstić information content (AvgIpc) is 3.10. The molecule has 1 aliphatic carbocycles. The van der Waals surface area contributed by atoms with Crippen molar-refractivity contribution >= 4 is 0 Å². The van der Waals surface area contributed by atoms with Gasteiger partial charge in [-0.1, -0.05) is 31.2 Å². The van der Waals surface area contributed by atoms with Crippen molar-refractivity contribution in [3.63, 3.8) is 0 Å². The molecule has 1 aromatic heterocycles. The van der Waals surface area contributed by atoms with E-state index in [1.165, 1.54) is 29.7 Å². The highest BCUT2D eigenvalue weighted by Crippen LogP contribution is 2.35. The van der Waals surface area contributed by atoms with E-state index in [2.05, 4.69) is 59.3 Å². The topological polar surface area (TPSA) is 29.9 Å². The third kappa shape index (κ3) is 2.38. The van der Waals surface area contributed by atoms with Gasteiger partial charge in [0, 0.05) is 12.7 Å². The normalized spacial score (nSPS) is 16.3. The lowest BCUT2D eigenvalue weighted by Gasteiger charge is -2.25. The number of hydrogen-bond donors (Lipinski definition) is 1. The number of benzene rings is 1. The Morgan fingerprint density at radius 1 is 1.20 bits per heavy atom. The van der Waals surface area contributed by atoms with E-state index in [4.69, 9.17) is 0 Å². The first-order valence-electron chi connectivity index (χ1n) is 7.65.